The van der Waals surface area contributed by atoms with E-state index in [1.54, 1.807) is 0 Å². The first-order chi connectivity index (χ1) is 7.90. The molecule has 100 valence electrons. The van der Waals surface area contributed by atoms with Crippen molar-refractivity contribution < 1.29 is 9.53 Å². The van der Waals surface area contributed by atoms with Gasteiger partial charge in [0, 0.05) is 0 Å². The molecule has 17 heavy (non-hydrogen) atoms. The molecule has 0 aromatic rings. The van der Waals surface area contributed by atoms with E-state index in [0.717, 1.165) is 32.4 Å². The van der Waals surface area contributed by atoms with E-state index in [9.17, 15) is 4.79 Å². The van der Waals surface area contributed by atoms with Gasteiger partial charge in [0.05, 0.1) is 6.42 Å². The maximum absolute atomic E-state index is 11.8. The first-order valence-corrected chi connectivity index (χ1v) is 6.81. The van der Waals surface area contributed by atoms with Crippen molar-refractivity contribution in [3.63, 3.8) is 0 Å². The fourth-order valence-electron chi connectivity index (χ4n) is 2.22. The molecule has 0 aromatic carbocycles. The summed E-state index contributed by atoms with van der Waals surface area (Å²) in [7, 11) is 0. The van der Waals surface area contributed by atoms with Crippen LogP contribution in [0.1, 0.15) is 53.4 Å². The van der Waals surface area contributed by atoms with Crippen LogP contribution < -0.4 is 5.32 Å². The molecule has 3 heteroatoms. The highest BCUT2D eigenvalue weighted by Crippen LogP contribution is 2.22. The SMILES string of the molecule is CCC1CNCC[C@@H](OC(=O)CC(C)(C)C)C1. The van der Waals surface area contributed by atoms with Crippen LogP contribution in [0, 0.1) is 11.3 Å². The van der Waals surface area contributed by atoms with Crippen LogP contribution in [0.5, 0.6) is 0 Å². The monoisotopic (exact) mass is 241 g/mol. The highest BCUT2D eigenvalue weighted by molar-refractivity contribution is 5.70. The summed E-state index contributed by atoms with van der Waals surface area (Å²) in [5.74, 6) is 0.601. The van der Waals surface area contributed by atoms with E-state index in [-0.39, 0.29) is 17.5 Å². The molecule has 1 unspecified atom stereocenters. The third-order valence-corrected chi connectivity index (χ3v) is 3.22. The van der Waals surface area contributed by atoms with Crippen molar-refractivity contribution >= 4 is 5.97 Å². The van der Waals surface area contributed by atoms with Crippen LogP contribution in [-0.4, -0.2) is 25.2 Å². The molecule has 0 saturated carbocycles. The zero-order valence-electron chi connectivity index (χ0n) is 11.7. The number of ether oxygens (including phenoxy) is 1. The van der Waals surface area contributed by atoms with Crippen molar-refractivity contribution in [2.75, 3.05) is 13.1 Å². The lowest BCUT2D eigenvalue weighted by atomic mass is 9.92. The average molecular weight is 241 g/mol. The number of nitrogens with one attached hydrogen (secondary N) is 1. The number of carbonyl (C=O) groups excluding carboxylic acids is 1. The Morgan fingerprint density at radius 2 is 2.12 bits per heavy atom. The van der Waals surface area contributed by atoms with Crippen molar-refractivity contribution in [2.45, 2.75) is 59.5 Å². The van der Waals surface area contributed by atoms with Gasteiger partial charge in [-0.15, -0.1) is 0 Å². The van der Waals surface area contributed by atoms with Crippen molar-refractivity contribution in [3.05, 3.63) is 0 Å². The summed E-state index contributed by atoms with van der Waals surface area (Å²) in [5, 5.41) is 3.41. The van der Waals surface area contributed by atoms with E-state index in [1.807, 2.05) is 0 Å². The van der Waals surface area contributed by atoms with Gasteiger partial charge in [0.25, 0.3) is 0 Å². The molecule has 0 radical (unpaired) electrons. The Kier molecular flexibility index (Phi) is 5.44. The number of esters is 1. The molecule has 1 saturated heterocycles. The summed E-state index contributed by atoms with van der Waals surface area (Å²) >= 11 is 0. The van der Waals surface area contributed by atoms with E-state index < -0.39 is 0 Å². The predicted molar refractivity (Wildman–Crippen MR) is 69.8 cm³/mol. The second-order valence-electron chi connectivity index (χ2n) is 6.35. The largest absolute Gasteiger partial charge is 0.462 e. The Morgan fingerprint density at radius 1 is 1.41 bits per heavy atom. The van der Waals surface area contributed by atoms with Gasteiger partial charge < -0.3 is 10.1 Å². The van der Waals surface area contributed by atoms with Crippen LogP contribution in [0.2, 0.25) is 0 Å². The number of carbonyl (C=O) groups is 1. The van der Waals surface area contributed by atoms with Crippen LogP contribution in [0.15, 0.2) is 0 Å². The first-order valence-electron chi connectivity index (χ1n) is 6.81. The summed E-state index contributed by atoms with van der Waals surface area (Å²) in [5.41, 5.74) is 0.0181. The molecule has 0 aromatic heterocycles. The van der Waals surface area contributed by atoms with E-state index in [4.69, 9.17) is 4.74 Å². The van der Waals surface area contributed by atoms with Gasteiger partial charge >= 0.3 is 5.97 Å². The molecular formula is C14H27NO2. The number of rotatable bonds is 3. The smallest absolute Gasteiger partial charge is 0.306 e. The molecular weight excluding hydrogens is 214 g/mol. The lowest BCUT2D eigenvalue weighted by Gasteiger charge is -2.22. The molecule has 0 spiro atoms. The van der Waals surface area contributed by atoms with Crippen molar-refractivity contribution in [1.29, 1.82) is 0 Å². The summed E-state index contributed by atoms with van der Waals surface area (Å²) in [6, 6.07) is 0. The number of hydrogen-bond acceptors (Lipinski definition) is 3. The minimum Gasteiger partial charge on any atom is -0.462 e. The molecule has 0 amide bonds. The molecule has 1 rings (SSSR count). The average Bonchev–Trinajstić information content (AvgIpc) is 2.39. The van der Waals surface area contributed by atoms with E-state index in [0.29, 0.717) is 12.3 Å². The van der Waals surface area contributed by atoms with Crippen LogP contribution in [0.3, 0.4) is 0 Å². The quantitative estimate of drug-likeness (QED) is 0.772. The maximum atomic E-state index is 11.8. The zero-order valence-corrected chi connectivity index (χ0v) is 11.7. The van der Waals surface area contributed by atoms with Crippen molar-refractivity contribution in [2.24, 2.45) is 11.3 Å². The lowest BCUT2D eigenvalue weighted by Crippen LogP contribution is -2.24. The zero-order chi connectivity index (χ0) is 12.9. The molecule has 1 heterocycles. The summed E-state index contributed by atoms with van der Waals surface area (Å²) in [4.78, 5) is 11.8. The third kappa shape index (κ3) is 6.06. The predicted octanol–water partition coefficient (Wildman–Crippen LogP) is 2.74. The van der Waals surface area contributed by atoms with Crippen LogP contribution in [0.4, 0.5) is 0 Å². The standard InChI is InChI=1S/C14H27NO2/c1-5-11-8-12(6-7-15-10-11)17-13(16)9-14(2,3)4/h11-12,15H,5-10H2,1-4H3/t11?,12-/m1/s1. The summed E-state index contributed by atoms with van der Waals surface area (Å²) < 4.78 is 5.60. The molecule has 1 N–H and O–H groups in total. The van der Waals surface area contributed by atoms with Gasteiger partial charge in [-0.1, -0.05) is 34.1 Å². The van der Waals surface area contributed by atoms with Crippen molar-refractivity contribution in [3.8, 4) is 0 Å². The summed E-state index contributed by atoms with van der Waals surface area (Å²) in [6.07, 6.45) is 3.74. The molecule has 1 fully saturated rings. The second kappa shape index (κ2) is 6.39. The molecule has 2 atom stereocenters. The van der Waals surface area contributed by atoms with Gasteiger partial charge in [0.1, 0.15) is 6.10 Å². The molecule has 1 aliphatic rings. The van der Waals surface area contributed by atoms with Crippen molar-refractivity contribution in [1.82, 2.24) is 5.32 Å². The lowest BCUT2D eigenvalue weighted by molar-refractivity contribution is -0.152. The van der Waals surface area contributed by atoms with Crippen LogP contribution in [-0.2, 0) is 9.53 Å². The van der Waals surface area contributed by atoms with E-state index in [1.165, 1.54) is 0 Å². The molecule has 0 bridgehead atoms. The second-order valence-corrected chi connectivity index (χ2v) is 6.35. The Morgan fingerprint density at radius 3 is 2.71 bits per heavy atom. The van der Waals surface area contributed by atoms with Gasteiger partial charge in [0.2, 0.25) is 0 Å². The highest BCUT2D eigenvalue weighted by atomic mass is 16.5. The Bertz CT molecular complexity index is 245. The fourth-order valence-corrected chi connectivity index (χ4v) is 2.22. The van der Waals surface area contributed by atoms with Gasteiger partial charge in [-0.05, 0) is 37.3 Å². The molecule has 1 aliphatic heterocycles. The van der Waals surface area contributed by atoms with Crippen LogP contribution >= 0.6 is 0 Å². The normalized spacial score (nSPS) is 26.4. The van der Waals surface area contributed by atoms with Gasteiger partial charge in [-0.3, -0.25) is 4.79 Å². The molecule has 0 aliphatic carbocycles. The minimum atomic E-state index is -0.0424. The van der Waals surface area contributed by atoms with Gasteiger partial charge in [-0.2, -0.15) is 0 Å². The fraction of sp³-hybridized carbons (Fsp3) is 0.929. The number of hydrogen-bond donors (Lipinski definition) is 1. The highest BCUT2D eigenvalue weighted by Gasteiger charge is 2.24. The Hall–Kier alpha value is -0.570. The summed E-state index contributed by atoms with van der Waals surface area (Å²) in [6.45, 7) is 10.4. The topological polar surface area (TPSA) is 38.3 Å². The minimum absolute atomic E-state index is 0.0181. The van der Waals surface area contributed by atoms with Gasteiger partial charge in [-0.25, -0.2) is 0 Å². The first kappa shape index (κ1) is 14.5. The third-order valence-electron chi connectivity index (χ3n) is 3.22. The van der Waals surface area contributed by atoms with Crippen LogP contribution in [0.25, 0.3) is 0 Å². The Balaban J connectivity index is 2.41. The maximum Gasteiger partial charge on any atom is 0.306 e. The van der Waals surface area contributed by atoms with E-state index >= 15 is 0 Å². The van der Waals surface area contributed by atoms with E-state index in [2.05, 4.69) is 33.0 Å². The molecule has 3 nitrogen and oxygen atoms in total. The van der Waals surface area contributed by atoms with Gasteiger partial charge in [0.15, 0.2) is 0 Å². The Labute approximate surface area is 105 Å².